The second-order valence-corrected chi connectivity index (χ2v) is 10.9. The van der Waals surface area contributed by atoms with E-state index in [9.17, 15) is 4.79 Å². The number of carbonyl (C=O) groups is 1. The normalized spacial score (nSPS) is 13.6. The summed E-state index contributed by atoms with van der Waals surface area (Å²) in [7, 11) is -0.0248. The Morgan fingerprint density at radius 3 is 2.65 bits per heavy atom. The van der Waals surface area contributed by atoms with Crippen molar-refractivity contribution in [2.45, 2.75) is 33.0 Å². The average Bonchev–Trinajstić information content (AvgIpc) is 2.77. The molecule has 0 aromatic heterocycles. The lowest BCUT2D eigenvalue weighted by Gasteiger charge is -2.17. The van der Waals surface area contributed by atoms with E-state index in [-0.39, 0.29) is 6.09 Å². The van der Waals surface area contributed by atoms with Gasteiger partial charge in [-0.25, -0.2) is 4.79 Å². The number of ether oxygens (including phenoxy) is 1. The first-order chi connectivity index (χ1) is 9.31. The second-order valence-electron chi connectivity index (χ2n) is 6.19. The fourth-order valence-corrected chi connectivity index (χ4v) is 2.86. The van der Waals surface area contributed by atoms with Crippen LogP contribution in [0.3, 0.4) is 0 Å². The topological polar surface area (TPSA) is 29.5 Å². The van der Waals surface area contributed by atoms with Gasteiger partial charge in [0.25, 0.3) is 0 Å². The van der Waals surface area contributed by atoms with E-state index in [0.29, 0.717) is 6.54 Å². The predicted molar refractivity (Wildman–Crippen MR) is 84.9 cm³/mol. The summed E-state index contributed by atoms with van der Waals surface area (Å²) in [5, 5.41) is 0. The number of methoxy groups -OCH3 is 1. The van der Waals surface area contributed by atoms with Gasteiger partial charge < -0.3 is 4.74 Å². The van der Waals surface area contributed by atoms with Gasteiger partial charge in [0.05, 0.1) is 12.8 Å². The fourth-order valence-electron chi connectivity index (χ4n) is 2.35. The molecule has 0 bridgehead atoms. The van der Waals surface area contributed by atoms with Crippen molar-refractivity contribution in [3.63, 3.8) is 0 Å². The van der Waals surface area contributed by atoms with Crippen LogP contribution < -0.4 is 4.90 Å². The van der Waals surface area contributed by atoms with Crippen molar-refractivity contribution >= 4 is 19.9 Å². The van der Waals surface area contributed by atoms with Gasteiger partial charge >= 0.3 is 6.09 Å². The van der Waals surface area contributed by atoms with Crippen LogP contribution in [-0.2, 0) is 11.2 Å². The van der Waals surface area contributed by atoms with Gasteiger partial charge in [-0.15, -0.1) is 5.54 Å². The summed E-state index contributed by atoms with van der Waals surface area (Å²) in [6.07, 6.45) is 0.567. The maximum absolute atomic E-state index is 11.9. The van der Waals surface area contributed by atoms with E-state index in [1.165, 1.54) is 18.2 Å². The Morgan fingerprint density at radius 1 is 1.35 bits per heavy atom. The Balaban J connectivity index is 2.52. The molecule has 0 unspecified atom stereocenters. The number of carbonyl (C=O) groups excluding carboxylic acids is 1. The Kier molecular flexibility index (Phi) is 3.91. The van der Waals surface area contributed by atoms with Gasteiger partial charge in [-0.3, -0.25) is 4.90 Å². The lowest BCUT2D eigenvalue weighted by Crippen LogP contribution is -2.29. The Labute approximate surface area is 121 Å². The van der Waals surface area contributed by atoms with Crippen molar-refractivity contribution < 1.29 is 9.53 Å². The Morgan fingerprint density at radius 2 is 2.05 bits per heavy atom. The number of nitrogens with zero attached hydrogens (tertiary/aromatic N) is 1. The van der Waals surface area contributed by atoms with Gasteiger partial charge in [0, 0.05) is 12.1 Å². The van der Waals surface area contributed by atoms with Crippen LogP contribution in [0.2, 0.25) is 19.6 Å². The lowest BCUT2D eigenvalue weighted by atomic mass is 10.0. The third-order valence-corrected chi connectivity index (χ3v) is 4.05. The minimum Gasteiger partial charge on any atom is -0.452 e. The molecule has 0 spiro atoms. The number of amides is 1. The summed E-state index contributed by atoms with van der Waals surface area (Å²) in [5.74, 6) is 3.30. The zero-order chi connectivity index (χ0) is 14.9. The molecular weight excluding hydrogens is 266 g/mol. The fraction of sp³-hybridized carbons (Fsp3) is 0.438. The summed E-state index contributed by atoms with van der Waals surface area (Å²) in [4.78, 5) is 13.6. The highest BCUT2D eigenvalue weighted by Crippen LogP contribution is 2.33. The summed E-state index contributed by atoms with van der Waals surface area (Å²) >= 11 is 0. The molecule has 0 fully saturated rings. The highest BCUT2D eigenvalue weighted by Gasteiger charge is 2.28. The maximum atomic E-state index is 11.9. The van der Waals surface area contributed by atoms with Crippen LogP contribution in [0.5, 0.6) is 0 Å². The van der Waals surface area contributed by atoms with Gasteiger partial charge in [0.15, 0.2) is 0 Å². The summed E-state index contributed by atoms with van der Waals surface area (Å²) < 4.78 is 4.87. The second kappa shape index (κ2) is 5.33. The molecule has 2 rings (SSSR count). The van der Waals surface area contributed by atoms with Gasteiger partial charge in [-0.2, -0.15) is 0 Å². The molecule has 1 aliphatic heterocycles. The number of fused-ring (bicyclic) bond motifs is 1. The van der Waals surface area contributed by atoms with Crippen molar-refractivity contribution in [2.24, 2.45) is 0 Å². The molecule has 0 saturated heterocycles. The van der Waals surface area contributed by atoms with Crippen LogP contribution in [0, 0.1) is 18.4 Å². The molecule has 4 heteroatoms. The lowest BCUT2D eigenvalue weighted by molar-refractivity contribution is 0.179. The summed E-state index contributed by atoms with van der Waals surface area (Å²) in [5.41, 5.74) is 7.65. The molecule has 0 atom stereocenters. The predicted octanol–water partition coefficient (Wildman–Crippen LogP) is 3.35. The van der Waals surface area contributed by atoms with Crippen molar-refractivity contribution in [2.75, 3.05) is 18.6 Å². The van der Waals surface area contributed by atoms with Crippen molar-refractivity contribution in [3.8, 4) is 11.5 Å². The monoisotopic (exact) mass is 287 g/mol. The molecule has 20 heavy (non-hydrogen) atoms. The van der Waals surface area contributed by atoms with Crippen LogP contribution in [0.1, 0.15) is 16.7 Å². The number of rotatable bonds is 0. The average molecular weight is 287 g/mol. The van der Waals surface area contributed by atoms with Crippen LogP contribution >= 0.6 is 0 Å². The summed E-state index contributed by atoms with van der Waals surface area (Å²) in [6.45, 7) is 9.39. The molecule has 0 saturated carbocycles. The molecule has 0 aliphatic carbocycles. The minimum atomic E-state index is -1.44. The number of hydrogen-bond donors (Lipinski definition) is 0. The molecule has 1 aromatic rings. The first kappa shape index (κ1) is 14.7. The molecule has 1 heterocycles. The van der Waals surface area contributed by atoms with E-state index in [2.05, 4.69) is 50.2 Å². The van der Waals surface area contributed by atoms with Crippen molar-refractivity contribution in [1.82, 2.24) is 0 Å². The Bertz CT molecular complexity index is 605. The summed E-state index contributed by atoms with van der Waals surface area (Å²) in [6, 6.07) is 4.20. The van der Waals surface area contributed by atoms with Gasteiger partial charge in [-0.1, -0.05) is 31.6 Å². The molecule has 1 amide bonds. The molecule has 3 nitrogen and oxygen atoms in total. The van der Waals surface area contributed by atoms with Crippen LogP contribution in [-0.4, -0.2) is 27.8 Å². The van der Waals surface area contributed by atoms with E-state index < -0.39 is 8.07 Å². The number of anilines is 1. The molecule has 0 radical (unpaired) electrons. The standard InChI is InChI=1S/C16H21NO2Si/c1-12-10-13-6-8-17(16(18)19-2)15(13)14(11-12)7-9-20(3,4)5/h10-11H,6,8H2,1-5H3. The SMILES string of the molecule is COC(=O)N1CCc2cc(C)cc(C#C[Si](C)(C)C)c21. The Hall–Kier alpha value is -1.73. The maximum Gasteiger partial charge on any atom is 0.414 e. The first-order valence-electron chi connectivity index (χ1n) is 6.84. The number of hydrogen-bond acceptors (Lipinski definition) is 2. The van der Waals surface area contributed by atoms with E-state index in [4.69, 9.17) is 4.74 Å². The molecule has 106 valence electrons. The third-order valence-electron chi connectivity index (χ3n) is 3.18. The minimum absolute atomic E-state index is 0.302. The molecule has 1 aliphatic rings. The number of benzene rings is 1. The third kappa shape index (κ3) is 3.05. The van der Waals surface area contributed by atoms with E-state index in [1.807, 2.05) is 0 Å². The van der Waals surface area contributed by atoms with Crippen molar-refractivity contribution in [3.05, 3.63) is 28.8 Å². The highest BCUT2D eigenvalue weighted by atomic mass is 28.3. The first-order valence-corrected chi connectivity index (χ1v) is 10.3. The zero-order valence-electron chi connectivity index (χ0n) is 12.8. The van der Waals surface area contributed by atoms with Crippen LogP contribution in [0.25, 0.3) is 0 Å². The van der Waals surface area contributed by atoms with Gasteiger partial charge in [0.2, 0.25) is 0 Å². The molecular formula is C16H21NO2Si. The zero-order valence-corrected chi connectivity index (χ0v) is 13.8. The van der Waals surface area contributed by atoms with Crippen LogP contribution in [0.4, 0.5) is 10.5 Å². The smallest absolute Gasteiger partial charge is 0.414 e. The van der Waals surface area contributed by atoms with Crippen LogP contribution in [0.15, 0.2) is 12.1 Å². The van der Waals surface area contributed by atoms with Crippen molar-refractivity contribution in [1.29, 1.82) is 0 Å². The van der Waals surface area contributed by atoms with Gasteiger partial charge in [-0.05, 0) is 30.5 Å². The largest absolute Gasteiger partial charge is 0.452 e. The number of aryl methyl sites for hydroxylation is 1. The van der Waals surface area contributed by atoms with E-state index in [1.54, 1.807) is 4.90 Å². The molecule has 1 aromatic carbocycles. The molecule has 0 N–H and O–H groups in total. The quantitative estimate of drug-likeness (QED) is 0.541. The van der Waals surface area contributed by atoms with Gasteiger partial charge in [0.1, 0.15) is 8.07 Å². The van der Waals surface area contributed by atoms with E-state index >= 15 is 0 Å². The highest BCUT2D eigenvalue weighted by molar-refractivity contribution is 6.83. The van der Waals surface area contributed by atoms with E-state index in [0.717, 1.165) is 17.7 Å².